The molecule has 4 rings (SSSR count). The van der Waals surface area contributed by atoms with Crippen LogP contribution in [0.25, 0.3) is 0 Å². The molecule has 0 N–H and O–H groups in total. The highest BCUT2D eigenvalue weighted by atomic mass is 16.2. The van der Waals surface area contributed by atoms with Crippen molar-refractivity contribution in [2.75, 3.05) is 26.2 Å². The molecule has 0 atom stereocenters. The predicted molar refractivity (Wildman–Crippen MR) is 112 cm³/mol. The van der Waals surface area contributed by atoms with Gasteiger partial charge in [-0.3, -0.25) is 14.3 Å². The topological polar surface area (TPSA) is 58.4 Å². The van der Waals surface area contributed by atoms with Gasteiger partial charge in [0, 0.05) is 44.5 Å². The summed E-state index contributed by atoms with van der Waals surface area (Å²) in [5.74, 6) is 0.771. The van der Waals surface area contributed by atoms with Crippen molar-refractivity contribution >= 4 is 11.8 Å². The van der Waals surface area contributed by atoms with Gasteiger partial charge < -0.3 is 9.80 Å². The van der Waals surface area contributed by atoms with E-state index in [1.807, 2.05) is 42.0 Å². The average molecular weight is 395 g/mol. The number of carbonyl (C=O) groups excluding carboxylic acids is 2. The van der Waals surface area contributed by atoms with E-state index in [4.69, 9.17) is 0 Å². The third kappa shape index (κ3) is 4.36. The highest BCUT2D eigenvalue weighted by Crippen LogP contribution is 2.23. The lowest BCUT2D eigenvalue weighted by molar-refractivity contribution is 0.0683. The number of amides is 2. The summed E-state index contributed by atoms with van der Waals surface area (Å²) in [6, 6.07) is 9.99. The number of piperidine rings is 1. The van der Waals surface area contributed by atoms with Crippen LogP contribution in [0.5, 0.6) is 0 Å². The first-order valence-corrected chi connectivity index (χ1v) is 10.7. The third-order valence-electron chi connectivity index (χ3n) is 6.35. The van der Waals surface area contributed by atoms with E-state index in [2.05, 4.69) is 17.2 Å². The Labute approximate surface area is 172 Å². The van der Waals surface area contributed by atoms with Gasteiger partial charge in [0.1, 0.15) is 0 Å². The molecule has 154 valence electrons. The van der Waals surface area contributed by atoms with E-state index in [1.165, 1.54) is 5.56 Å². The van der Waals surface area contributed by atoms with Crippen molar-refractivity contribution in [2.24, 2.45) is 13.0 Å². The van der Waals surface area contributed by atoms with Crippen LogP contribution in [-0.2, 0) is 13.5 Å². The highest BCUT2D eigenvalue weighted by molar-refractivity contribution is 5.94. The molecular weight excluding hydrogens is 364 g/mol. The maximum absolute atomic E-state index is 12.7. The van der Waals surface area contributed by atoms with E-state index >= 15 is 0 Å². The molecule has 2 fully saturated rings. The van der Waals surface area contributed by atoms with Crippen LogP contribution in [0.2, 0.25) is 0 Å². The molecule has 1 aromatic heterocycles. The molecule has 0 unspecified atom stereocenters. The van der Waals surface area contributed by atoms with E-state index < -0.39 is 0 Å². The second-order valence-electron chi connectivity index (χ2n) is 8.43. The summed E-state index contributed by atoms with van der Waals surface area (Å²) in [6.07, 6.45) is 5.25. The van der Waals surface area contributed by atoms with Crippen LogP contribution in [0.15, 0.2) is 30.3 Å². The number of benzene rings is 1. The lowest BCUT2D eigenvalue weighted by atomic mass is 9.89. The number of aryl methyl sites for hydroxylation is 2. The molecule has 0 spiro atoms. The van der Waals surface area contributed by atoms with Gasteiger partial charge in [0.25, 0.3) is 11.8 Å². The molecule has 6 nitrogen and oxygen atoms in total. The van der Waals surface area contributed by atoms with E-state index in [0.717, 1.165) is 69.5 Å². The standard InChI is InChI=1S/C23H30N4O2/c1-17-15-21(24-25(17)2)23(29)27-13-9-19(10-14-27)16-18-5-7-20(8-6-18)22(28)26-11-3-4-12-26/h5-8,15,19H,3-4,9-14,16H2,1-2H3. The molecule has 1 aromatic carbocycles. The van der Waals surface area contributed by atoms with Gasteiger partial charge in [0.15, 0.2) is 5.69 Å². The average Bonchev–Trinajstić information content (AvgIpc) is 3.39. The zero-order valence-electron chi connectivity index (χ0n) is 17.4. The van der Waals surface area contributed by atoms with Crippen molar-refractivity contribution in [3.05, 3.63) is 52.8 Å². The van der Waals surface area contributed by atoms with Gasteiger partial charge in [0.05, 0.1) is 0 Å². The molecular formula is C23H30N4O2. The number of hydrogen-bond donors (Lipinski definition) is 0. The van der Waals surface area contributed by atoms with Gasteiger partial charge in [-0.2, -0.15) is 5.10 Å². The van der Waals surface area contributed by atoms with Crippen molar-refractivity contribution < 1.29 is 9.59 Å². The third-order valence-corrected chi connectivity index (χ3v) is 6.35. The van der Waals surface area contributed by atoms with Crippen LogP contribution in [-0.4, -0.2) is 57.6 Å². The van der Waals surface area contributed by atoms with Crippen LogP contribution in [0.1, 0.15) is 57.8 Å². The van der Waals surface area contributed by atoms with Crippen molar-refractivity contribution in [2.45, 2.75) is 39.0 Å². The first-order chi connectivity index (χ1) is 14.0. The summed E-state index contributed by atoms with van der Waals surface area (Å²) < 4.78 is 1.75. The Bertz CT molecular complexity index is 853. The fourth-order valence-corrected chi connectivity index (χ4v) is 4.39. The number of aromatic nitrogens is 2. The number of hydrogen-bond acceptors (Lipinski definition) is 3. The fourth-order valence-electron chi connectivity index (χ4n) is 4.39. The summed E-state index contributed by atoms with van der Waals surface area (Å²) >= 11 is 0. The second kappa shape index (κ2) is 8.39. The first kappa shape index (κ1) is 19.7. The zero-order chi connectivity index (χ0) is 20.4. The Hall–Kier alpha value is -2.63. The molecule has 0 saturated carbocycles. The van der Waals surface area contributed by atoms with E-state index in [0.29, 0.717) is 11.6 Å². The van der Waals surface area contributed by atoms with Gasteiger partial charge >= 0.3 is 0 Å². The largest absolute Gasteiger partial charge is 0.339 e. The van der Waals surface area contributed by atoms with Crippen LogP contribution >= 0.6 is 0 Å². The van der Waals surface area contributed by atoms with Crippen LogP contribution in [0.3, 0.4) is 0 Å². The summed E-state index contributed by atoms with van der Waals surface area (Å²) in [5.41, 5.74) is 3.60. The van der Waals surface area contributed by atoms with Crippen molar-refractivity contribution in [1.82, 2.24) is 19.6 Å². The first-order valence-electron chi connectivity index (χ1n) is 10.7. The SMILES string of the molecule is Cc1cc(C(=O)N2CCC(Cc3ccc(C(=O)N4CCCC4)cc3)CC2)nn1C. The van der Waals surface area contributed by atoms with Gasteiger partial charge in [-0.25, -0.2) is 0 Å². The summed E-state index contributed by atoms with van der Waals surface area (Å²) in [6.45, 7) is 5.29. The van der Waals surface area contributed by atoms with Crippen molar-refractivity contribution in [3.8, 4) is 0 Å². The molecule has 2 aliphatic heterocycles. The number of nitrogens with zero attached hydrogens (tertiary/aromatic N) is 4. The number of carbonyl (C=O) groups is 2. The molecule has 29 heavy (non-hydrogen) atoms. The van der Waals surface area contributed by atoms with Crippen LogP contribution in [0.4, 0.5) is 0 Å². The molecule has 0 radical (unpaired) electrons. The highest BCUT2D eigenvalue weighted by Gasteiger charge is 2.25. The van der Waals surface area contributed by atoms with Gasteiger partial charge in [0.2, 0.25) is 0 Å². The van der Waals surface area contributed by atoms with Gasteiger partial charge in [-0.15, -0.1) is 0 Å². The van der Waals surface area contributed by atoms with Crippen LogP contribution < -0.4 is 0 Å². The fraction of sp³-hybridized carbons (Fsp3) is 0.522. The normalized spacial score (nSPS) is 17.7. The number of rotatable bonds is 4. The molecule has 2 saturated heterocycles. The summed E-state index contributed by atoms with van der Waals surface area (Å²) in [4.78, 5) is 29.0. The van der Waals surface area contributed by atoms with Crippen molar-refractivity contribution in [3.63, 3.8) is 0 Å². The van der Waals surface area contributed by atoms with E-state index in [-0.39, 0.29) is 11.8 Å². The molecule has 2 aliphatic rings. The smallest absolute Gasteiger partial charge is 0.274 e. The monoisotopic (exact) mass is 394 g/mol. The Morgan fingerprint density at radius 1 is 0.966 bits per heavy atom. The number of likely N-dealkylation sites (tertiary alicyclic amines) is 2. The Kier molecular flexibility index (Phi) is 5.69. The maximum atomic E-state index is 12.7. The van der Waals surface area contributed by atoms with Gasteiger partial charge in [-0.05, 0) is 68.7 Å². The van der Waals surface area contributed by atoms with Gasteiger partial charge in [-0.1, -0.05) is 12.1 Å². The zero-order valence-corrected chi connectivity index (χ0v) is 17.4. The van der Waals surface area contributed by atoms with E-state index in [1.54, 1.807) is 4.68 Å². The van der Waals surface area contributed by atoms with E-state index in [9.17, 15) is 9.59 Å². The Morgan fingerprint density at radius 3 is 2.17 bits per heavy atom. The molecule has 0 aliphatic carbocycles. The minimum absolute atomic E-state index is 0.0388. The molecule has 2 aromatic rings. The summed E-state index contributed by atoms with van der Waals surface area (Å²) in [5, 5.41) is 4.32. The second-order valence-corrected chi connectivity index (χ2v) is 8.43. The molecule has 6 heteroatoms. The predicted octanol–water partition coefficient (Wildman–Crippen LogP) is 3.06. The Morgan fingerprint density at radius 2 is 1.59 bits per heavy atom. The maximum Gasteiger partial charge on any atom is 0.274 e. The molecule has 2 amide bonds. The molecule has 3 heterocycles. The lowest BCUT2D eigenvalue weighted by Crippen LogP contribution is -2.39. The summed E-state index contributed by atoms with van der Waals surface area (Å²) in [7, 11) is 1.86. The quantitative estimate of drug-likeness (QED) is 0.801. The minimum Gasteiger partial charge on any atom is -0.339 e. The molecule has 0 bridgehead atoms. The van der Waals surface area contributed by atoms with Crippen molar-refractivity contribution in [1.29, 1.82) is 0 Å². The van der Waals surface area contributed by atoms with Crippen LogP contribution in [0, 0.1) is 12.8 Å². The Balaban J connectivity index is 1.29. The minimum atomic E-state index is 0.0388. The lowest BCUT2D eigenvalue weighted by Gasteiger charge is -2.31.